The Labute approximate surface area is 88.6 Å². The average molecular weight is 210 g/mol. The highest BCUT2D eigenvalue weighted by Gasteiger charge is 2.16. The van der Waals surface area contributed by atoms with Crippen LogP contribution in [0.15, 0.2) is 18.2 Å². The first-order valence-corrected chi connectivity index (χ1v) is 4.62. The Morgan fingerprint density at radius 2 is 2.00 bits per heavy atom. The Morgan fingerprint density at radius 1 is 1.40 bits per heavy atom. The molecule has 1 aromatic carbocycles. The van der Waals surface area contributed by atoms with Gasteiger partial charge in [-0.25, -0.2) is 4.39 Å². The van der Waals surface area contributed by atoms with Crippen LogP contribution < -0.4 is 10.5 Å². The topological polar surface area (TPSA) is 59.1 Å². The van der Waals surface area contributed by atoms with Gasteiger partial charge in [-0.1, -0.05) is 0 Å². The van der Waals surface area contributed by atoms with E-state index in [0.717, 1.165) is 0 Å². The van der Waals surface area contributed by atoms with Gasteiger partial charge in [-0.3, -0.25) is 5.41 Å². The van der Waals surface area contributed by atoms with Gasteiger partial charge in [0.05, 0.1) is 5.56 Å². The third-order valence-electron chi connectivity index (χ3n) is 1.65. The largest absolute Gasteiger partial charge is 0.487 e. The van der Waals surface area contributed by atoms with Gasteiger partial charge in [0, 0.05) is 0 Å². The van der Waals surface area contributed by atoms with E-state index in [2.05, 4.69) is 0 Å². The Hall–Kier alpha value is -1.58. The molecule has 0 aromatic heterocycles. The predicted molar refractivity (Wildman–Crippen MR) is 57.8 cm³/mol. The fourth-order valence-electron chi connectivity index (χ4n) is 1.13. The van der Waals surface area contributed by atoms with Gasteiger partial charge in [-0.05, 0) is 39.0 Å². The summed E-state index contributed by atoms with van der Waals surface area (Å²) < 4.78 is 18.5. The zero-order chi connectivity index (χ0) is 11.6. The van der Waals surface area contributed by atoms with Crippen LogP contribution in [-0.4, -0.2) is 11.4 Å². The monoisotopic (exact) mass is 210 g/mol. The molecule has 1 aromatic rings. The molecule has 3 nitrogen and oxygen atoms in total. The lowest BCUT2D eigenvalue weighted by atomic mass is 10.1. The molecule has 1 rings (SSSR count). The minimum Gasteiger partial charge on any atom is -0.487 e. The first kappa shape index (κ1) is 11.5. The van der Waals surface area contributed by atoms with Crippen molar-refractivity contribution in [3.05, 3.63) is 29.6 Å². The fraction of sp³-hybridized carbons (Fsp3) is 0.364. The lowest BCUT2D eigenvalue weighted by Gasteiger charge is -2.22. The fourth-order valence-corrected chi connectivity index (χ4v) is 1.13. The molecule has 15 heavy (non-hydrogen) atoms. The predicted octanol–water partition coefficient (Wildman–Crippen LogP) is 2.29. The molecule has 3 N–H and O–H groups in total. The minimum atomic E-state index is -0.429. The highest BCUT2D eigenvalue weighted by Crippen LogP contribution is 2.23. The van der Waals surface area contributed by atoms with Crippen molar-refractivity contribution in [3.8, 4) is 5.75 Å². The zero-order valence-corrected chi connectivity index (χ0v) is 9.10. The van der Waals surface area contributed by atoms with E-state index < -0.39 is 11.4 Å². The van der Waals surface area contributed by atoms with Crippen molar-refractivity contribution in [2.24, 2.45) is 5.73 Å². The van der Waals surface area contributed by atoms with E-state index in [0.29, 0.717) is 5.75 Å². The lowest BCUT2D eigenvalue weighted by Crippen LogP contribution is -2.25. The summed E-state index contributed by atoms with van der Waals surface area (Å²) in [4.78, 5) is 0. The number of ether oxygens (including phenoxy) is 1. The molecule has 0 fully saturated rings. The molecule has 0 saturated carbocycles. The first-order chi connectivity index (χ1) is 6.79. The molecule has 0 aliphatic carbocycles. The Bertz CT molecular complexity index is 383. The molecular formula is C11H15FN2O. The first-order valence-electron chi connectivity index (χ1n) is 4.62. The van der Waals surface area contributed by atoms with Crippen LogP contribution in [0.5, 0.6) is 5.75 Å². The molecule has 82 valence electrons. The maximum Gasteiger partial charge on any atom is 0.131 e. The van der Waals surface area contributed by atoms with E-state index >= 15 is 0 Å². The number of benzene rings is 1. The number of rotatable bonds is 2. The Kier molecular flexibility index (Phi) is 2.98. The smallest absolute Gasteiger partial charge is 0.131 e. The molecule has 0 spiro atoms. The van der Waals surface area contributed by atoms with E-state index in [1.54, 1.807) is 0 Å². The van der Waals surface area contributed by atoms with Crippen LogP contribution in [0, 0.1) is 11.2 Å². The van der Waals surface area contributed by atoms with Gasteiger partial charge in [0.2, 0.25) is 0 Å². The number of amidine groups is 1. The van der Waals surface area contributed by atoms with E-state index in [4.69, 9.17) is 15.9 Å². The van der Waals surface area contributed by atoms with Crippen molar-refractivity contribution in [3.63, 3.8) is 0 Å². The van der Waals surface area contributed by atoms with Crippen LogP contribution in [0.25, 0.3) is 0 Å². The molecule has 0 radical (unpaired) electrons. The second-order valence-electron chi connectivity index (χ2n) is 4.27. The Morgan fingerprint density at radius 3 is 2.47 bits per heavy atom. The summed E-state index contributed by atoms with van der Waals surface area (Å²) in [7, 11) is 0. The third kappa shape index (κ3) is 3.23. The van der Waals surface area contributed by atoms with Gasteiger partial charge in [0.25, 0.3) is 0 Å². The van der Waals surface area contributed by atoms with Gasteiger partial charge < -0.3 is 10.5 Å². The van der Waals surface area contributed by atoms with Crippen LogP contribution in [0.2, 0.25) is 0 Å². The summed E-state index contributed by atoms with van der Waals surface area (Å²) in [6.45, 7) is 5.63. The van der Waals surface area contributed by atoms with Crippen LogP contribution in [0.1, 0.15) is 26.3 Å². The zero-order valence-electron chi connectivity index (χ0n) is 9.10. The summed E-state index contributed by atoms with van der Waals surface area (Å²) in [5.41, 5.74) is 5.22. The SMILES string of the molecule is CC(C)(C)Oc1ccc(F)cc1C(=N)N. The Balaban J connectivity index is 3.12. The average Bonchev–Trinajstić information content (AvgIpc) is 2.05. The molecule has 0 saturated heterocycles. The van der Waals surface area contributed by atoms with Crippen molar-refractivity contribution in [1.82, 2.24) is 0 Å². The van der Waals surface area contributed by atoms with E-state index in [1.165, 1.54) is 18.2 Å². The molecule has 0 heterocycles. The molecular weight excluding hydrogens is 195 g/mol. The normalized spacial score (nSPS) is 11.2. The maximum atomic E-state index is 12.9. The van der Waals surface area contributed by atoms with Gasteiger partial charge in [0.1, 0.15) is 23.0 Å². The molecule has 4 heteroatoms. The molecule has 0 amide bonds. The van der Waals surface area contributed by atoms with Gasteiger partial charge in [0.15, 0.2) is 0 Å². The van der Waals surface area contributed by atoms with E-state index in [-0.39, 0.29) is 11.4 Å². The second kappa shape index (κ2) is 3.88. The van der Waals surface area contributed by atoms with Crippen molar-refractivity contribution in [2.45, 2.75) is 26.4 Å². The molecule has 0 bridgehead atoms. The second-order valence-corrected chi connectivity index (χ2v) is 4.27. The number of halogens is 1. The quantitative estimate of drug-likeness (QED) is 0.581. The van der Waals surface area contributed by atoms with E-state index in [1.807, 2.05) is 20.8 Å². The standard InChI is InChI=1S/C11H15FN2O/c1-11(2,3)15-9-5-4-7(12)6-8(9)10(13)14/h4-6H,1-3H3,(H3,13,14). The number of nitrogens with two attached hydrogens (primary N) is 1. The van der Waals surface area contributed by atoms with Crippen molar-refractivity contribution in [2.75, 3.05) is 0 Å². The van der Waals surface area contributed by atoms with Gasteiger partial charge in [-0.15, -0.1) is 0 Å². The van der Waals surface area contributed by atoms with Crippen molar-refractivity contribution in [1.29, 1.82) is 5.41 Å². The summed E-state index contributed by atoms with van der Waals surface area (Å²) in [6, 6.07) is 3.97. The molecule has 0 atom stereocenters. The number of nitrogens with one attached hydrogen (secondary N) is 1. The highest BCUT2D eigenvalue weighted by molar-refractivity contribution is 5.97. The highest BCUT2D eigenvalue weighted by atomic mass is 19.1. The van der Waals surface area contributed by atoms with Crippen LogP contribution in [0.3, 0.4) is 0 Å². The van der Waals surface area contributed by atoms with Gasteiger partial charge in [-0.2, -0.15) is 0 Å². The number of hydrogen-bond acceptors (Lipinski definition) is 2. The maximum absolute atomic E-state index is 12.9. The van der Waals surface area contributed by atoms with E-state index in [9.17, 15) is 4.39 Å². The number of hydrogen-bond donors (Lipinski definition) is 2. The van der Waals surface area contributed by atoms with Crippen LogP contribution in [0.4, 0.5) is 4.39 Å². The summed E-state index contributed by atoms with van der Waals surface area (Å²) in [5, 5.41) is 7.31. The molecule has 0 aliphatic rings. The lowest BCUT2D eigenvalue weighted by molar-refractivity contribution is 0.130. The van der Waals surface area contributed by atoms with Crippen molar-refractivity contribution < 1.29 is 9.13 Å². The summed E-state index contributed by atoms with van der Waals surface area (Å²) >= 11 is 0. The summed E-state index contributed by atoms with van der Waals surface area (Å²) in [5.74, 6) is -0.202. The van der Waals surface area contributed by atoms with Crippen molar-refractivity contribution >= 4 is 5.84 Å². The van der Waals surface area contributed by atoms with Crippen LogP contribution in [-0.2, 0) is 0 Å². The number of nitrogen functional groups attached to an aromatic ring is 1. The third-order valence-corrected chi connectivity index (χ3v) is 1.65. The summed E-state index contributed by atoms with van der Waals surface area (Å²) in [6.07, 6.45) is 0. The minimum absolute atomic E-state index is 0.200. The molecule has 0 unspecified atom stereocenters. The molecule has 0 aliphatic heterocycles. The van der Waals surface area contributed by atoms with Crippen LogP contribution >= 0.6 is 0 Å². The van der Waals surface area contributed by atoms with Gasteiger partial charge >= 0.3 is 0 Å².